The van der Waals surface area contributed by atoms with E-state index in [0.29, 0.717) is 21.3 Å². The molecule has 3 aromatic carbocycles. The SMILES string of the molecule is Cc1ccc(C(=O)C=Cc2ccc(OC(=O)c3ccccc3Br)cc2)cc1. The Kier molecular flexibility index (Phi) is 5.99. The molecule has 0 aliphatic rings. The predicted molar refractivity (Wildman–Crippen MR) is 110 cm³/mol. The molecule has 0 atom stereocenters. The summed E-state index contributed by atoms with van der Waals surface area (Å²) in [6, 6.07) is 21.5. The van der Waals surface area contributed by atoms with Crippen LogP contribution in [0, 0.1) is 6.92 Å². The molecule has 27 heavy (non-hydrogen) atoms. The number of ketones is 1. The lowest BCUT2D eigenvalue weighted by Gasteiger charge is -2.06. The summed E-state index contributed by atoms with van der Waals surface area (Å²) in [5.74, 6) is -0.0440. The van der Waals surface area contributed by atoms with Gasteiger partial charge in [0.1, 0.15) is 5.75 Å². The molecule has 0 radical (unpaired) electrons. The van der Waals surface area contributed by atoms with E-state index >= 15 is 0 Å². The van der Waals surface area contributed by atoms with Crippen molar-refractivity contribution in [2.45, 2.75) is 6.92 Å². The molecule has 3 aromatic rings. The van der Waals surface area contributed by atoms with Gasteiger partial charge in [0, 0.05) is 10.0 Å². The van der Waals surface area contributed by atoms with Crippen LogP contribution in [0.3, 0.4) is 0 Å². The fourth-order valence-corrected chi connectivity index (χ4v) is 2.87. The van der Waals surface area contributed by atoms with Gasteiger partial charge >= 0.3 is 5.97 Å². The van der Waals surface area contributed by atoms with Gasteiger partial charge in [-0.25, -0.2) is 4.79 Å². The fourth-order valence-electron chi connectivity index (χ4n) is 2.42. The van der Waals surface area contributed by atoms with E-state index < -0.39 is 5.97 Å². The van der Waals surface area contributed by atoms with E-state index in [1.165, 1.54) is 6.08 Å². The van der Waals surface area contributed by atoms with Gasteiger partial charge in [0.2, 0.25) is 0 Å². The predicted octanol–water partition coefficient (Wildman–Crippen LogP) is 5.87. The summed E-state index contributed by atoms with van der Waals surface area (Å²) < 4.78 is 6.07. The van der Waals surface area contributed by atoms with E-state index in [9.17, 15) is 9.59 Å². The third-order valence-electron chi connectivity index (χ3n) is 3.95. The van der Waals surface area contributed by atoms with Gasteiger partial charge in [-0.1, -0.05) is 60.2 Å². The van der Waals surface area contributed by atoms with E-state index in [1.807, 2.05) is 37.3 Å². The van der Waals surface area contributed by atoms with Crippen molar-refractivity contribution in [3.05, 3.63) is 106 Å². The number of halogens is 1. The number of hydrogen-bond acceptors (Lipinski definition) is 3. The molecule has 3 rings (SSSR count). The van der Waals surface area contributed by atoms with Gasteiger partial charge in [0.05, 0.1) is 5.56 Å². The van der Waals surface area contributed by atoms with Crippen LogP contribution >= 0.6 is 15.9 Å². The van der Waals surface area contributed by atoms with Gasteiger partial charge in [0.15, 0.2) is 5.78 Å². The maximum Gasteiger partial charge on any atom is 0.344 e. The quantitative estimate of drug-likeness (QED) is 0.224. The molecule has 0 amide bonds. The zero-order valence-corrected chi connectivity index (χ0v) is 16.3. The molecule has 0 saturated heterocycles. The molecule has 134 valence electrons. The van der Waals surface area contributed by atoms with Crippen molar-refractivity contribution in [2.75, 3.05) is 0 Å². The third kappa shape index (κ3) is 5.02. The number of aryl methyl sites for hydroxylation is 1. The van der Waals surface area contributed by atoms with Crippen molar-refractivity contribution in [2.24, 2.45) is 0 Å². The van der Waals surface area contributed by atoms with Crippen LogP contribution in [0.5, 0.6) is 5.75 Å². The molecule has 0 bridgehead atoms. The normalized spacial score (nSPS) is 10.7. The van der Waals surface area contributed by atoms with Gasteiger partial charge in [-0.2, -0.15) is 0 Å². The Labute approximate surface area is 166 Å². The maximum absolute atomic E-state index is 12.2. The first kappa shape index (κ1) is 18.8. The highest BCUT2D eigenvalue weighted by atomic mass is 79.9. The summed E-state index contributed by atoms with van der Waals surface area (Å²) in [6.45, 7) is 1.98. The number of hydrogen-bond donors (Lipinski definition) is 0. The van der Waals surface area contributed by atoms with Gasteiger partial charge in [-0.3, -0.25) is 4.79 Å². The van der Waals surface area contributed by atoms with Crippen molar-refractivity contribution < 1.29 is 14.3 Å². The standard InChI is InChI=1S/C23H17BrO3/c1-16-6-11-18(12-7-16)22(25)15-10-17-8-13-19(14-9-17)27-23(26)20-4-2-3-5-21(20)24/h2-15H,1H3. The first-order valence-corrected chi connectivity index (χ1v) is 9.18. The third-order valence-corrected chi connectivity index (χ3v) is 4.64. The minimum absolute atomic E-state index is 0.0561. The Balaban J connectivity index is 1.65. The molecule has 0 aliphatic carbocycles. The van der Waals surface area contributed by atoms with Gasteiger partial charge in [-0.05, 0) is 58.8 Å². The number of benzene rings is 3. The zero-order chi connectivity index (χ0) is 19.2. The second kappa shape index (κ2) is 8.60. The molecule has 0 fully saturated rings. The summed E-state index contributed by atoms with van der Waals surface area (Å²) >= 11 is 3.34. The van der Waals surface area contributed by atoms with Crippen LogP contribution in [0.25, 0.3) is 6.08 Å². The number of allylic oxidation sites excluding steroid dienone is 1. The molecule has 0 unspecified atom stereocenters. The van der Waals surface area contributed by atoms with Crippen molar-refractivity contribution in [1.82, 2.24) is 0 Å². The molecule has 0 spiro atoms. The first-order chi connectivity index (χ1) is 13.0. The van der Waals surface area contributed by atoms with Crippen LogP contribution in [-0.2, 0) is 0 Å². The summed E-state index contributed by atoms with van der Waals surface area (Å²) in [5.41, 5.74) is 3.07. The lowest BCUT2D eigenvalue weighted by Crippen LogP contribution is -2.09. The molecule has 0 aromatic heterocycles. The van der Waals surface area contributed by atoms with E-state index in [4.69, 9.17) is 4.74 Å². The van der Waals surface area contributed by atoms with Crippen LogP contribution in [0.1, 0.15) is 31.8 Å². The maximum atomic E-state index is 12.2. The monoisotopic (exact) mass is 420 g/mol. The number of carbonyl (C=O) groups is 2. The zero-order valence-electron chi connectivity index (χ0n) is 14.7. The van der Waals surface area contributed by atoms with Gasteiger partial charge in [-0.15, -0.1) is 0 Å². The molecule has 4 heteroatoms. The number of esters is 1. The second-order valence-corrected chi connectivity index (χ2v) is 6.86. The average molecular weight is 421 g/mol. The van der Waals surface area contributed by atoms with E-state index in [2.05, 4.69) is 15.9 Å². The smallest absolute Gasteiger partial charge is 0.344 e. The van der Waals surface area contributed by atoms with Crippen LogP contribution < -0.4 is 4.74 Å². The van der Waals surface area contributed by atoms with Gasteiger partial charge < -0.3 is 4.74 Å². The molecule has 0 heterocycles. The Bertz CT molecular complexity index is 987. The van der Waals surface area contributed by atoms with Crippen LogP contribution in [0.15, 0.2) is 83.3 Å². The van der Waals surface area contributed by atoms with E-state index in [0.717, 1.165) is 11.1 Å². The lowest BCUT2D eigenvalue weighted by molar-refractivity contribution is 0.0733. The lowest BCUT2D eigenvalue weighted by atomic mass is 10.1. The first-order valence-electron chi connectivity index (χ1n) is 8.39. The van der Waals surface area contributed by atoms with Gasteiger partial charge in [0.25, 0.3) is 0 Å². The summed E-state index contributed by atoms with van der Waals surface area (Å²) in [4.78, 5) is 24.4. The Morgan fingerprint density at radius 1 is 0.889 bits per heavy atom. The molecule has 0 aliphatic heterocycles. The van der Waals surface area contributed by atoms with Crippen molar-refractivity contribution in [3.63, 3.8) is 0 Å². The average Bonchev–Trinajstić information content (AvgIpc) is 2.68. The van der Waals surface area contributed by atoms with Crippen LogP contribution in [0.2, 0.25) is 0 Å². The Morgan fingerprint density at radius 3 is 2.22 bits per heavy atom. The summed E-state index contributed by atoms with van der Waals surface area (Å²) in [5, 5.41) is 0. The molecule has 0 N–H and O–H groups in total. The number of carbonyl (C=O) groups excluding carboxylic acids is 2. The van der Waals surface area contributed by atoms with Crippen LogP contribution in [0.4, 0.5) is 0 Å². The molecule has 0 saturated carbocycles. The topological polar surface area (TPSA) is 43.4 Å². The van der Waals surface area contributed by atoms with Crippen molar-refractivity contribution >= 4 is 33.8 Å². The minimum atomic E-state index is -0.430. The van der Waals surface area contributed by atoms with Crippen LogP contribution in [-0.4, -0.2) is 11.8 Å². The number of rotatable bonds is 5. The molecular weight excluding hydrogens is 404 g/mol. The number of ether oxygens (including phenoxy) is 1. The highest BCUT2D eigenvalue weighted by Gasteiger charge is 2.11. The van der Waals surface area contributed by atoms with Crippen molar-refractivity contribution in [1.29, 1.82) is 0 Å². The second-order valence-electron chi connectivity index (χ2n) is 6.00. The van der Waals surface area contributed by atoms with Crippen molar-refractivity contribution in [3.8, 4) is 5.75 Å². The highest BCUT2D eigenvalue weighted by Crippen LogP contribution is 2.20. The summed E-state index contributed by atoms with van der Waals surface area (Å²) in [6.07, 6.45) is 3.27. The Morgan fingerprint density at radius 2 is 1.56 bits per heavy atom. The van der Waals surface area contributed by atoms with E-state index in [1.54, 1.807) is 48.5 Å². The molecule has 3 nitrogen and oxygen atoms in total. The largest absolute Gasteiger partial charge is 0.423 e. The highest BCUT2D eigenvalue weighted by molar-refractivity contribution is 9.10. The fraction of sp³-hybridized carbons (Fsp3) is 0.0435. The van der Waals surface area contributed by atoms with E-state index in [-0.39, 0.29) is 5.78 Å². The molecular formula is C23H17BrO3. The summed E-state index contributed by atoms with van der Waals surface area (Å²) in [7, 11) is 0. The minimum Gasteiger partial charge on any atom is -0.423 e. The Hall–Kier alpha value is -2.98.